The Labute approximate surface area is 115 Å². The second kappa shape index (κ2) is 5.36. The Morgan fingerprint density at radius 3 is 2.90 bits per heavy atom. The highest BCUT2D eigenvalue weighted by atomic mass is 15.3. The molecule has 0 aliphatic heterocycles. The summed E-state index contributed by atoms with van der Waals surface area (Å²) in [5.74, 6) is 0. The molecule has 3 aromatic rings. The van der Waals surface area contributed by atoms with Crippen LogP contribution in [-0.2, 0) is 13.1 Å². The summed E-state index contributed by atoms with van der Waals surface area (Å²) in [4.78, 5) is 8.56. The van der Waals surface area contributed by atoms with Crippen LogP contribution in [-0.4, -0.2) is 24.3 Å². The minimum Gasteiger partial charge on any atom is -0.335 e. The second-order valence-electron chi connectivity index (χ2n) is 4.31. The zero-order valence-electron chi connectivity index (χ0n) is 10.7. The van der Waals surface area contributed by atoms with E-state index in [1.165, 1.54) is 0 Å². The van der Waals surface area contributed by atoms with Crippen molar-refractivity contribution in [3.63, 3.8) is 0 Å². The van der Waals surface area contributed by atoms with Crippen LogP contribution in [0.5, 0.6) is 0 Å². The molecular weight excluding hydrogens is 252 g/mol. The van der Waals surface area contributed by atoms with E-state index in [0.717, 1.165) is 18.8 Å². The van der Waals surface area contributed by atoms with E-state index in [-0.39, 0.29) is 0 Å². The number of nitriles is 1. The van der Waals surface area contributed by atoms with Gasteiger partial charge in [-0.2, -0.15) is 10.4 Å². The zero-order valence-corrected chi connectivity index (χ0v) is 10.7. The molecule has 6 nitrogen and oxygen atoms in total. The van der Waals surface area contributed by atoms with Crippen LogP contribution >= 0.6 is 0 Å². The molecule has 0 spiro atoms. The molecule has 0 amide bonds. The average Bonchev–Trinajstić information content (AvgIpc) is 3.16. The van der Waals surface area contributed by atoms with E-state index in [2.05, 4.69) is 21.1 Å². The van der Waals surface area contributed by atoms with Crippen LogP contribution in [0.15, 0.2) is 49.3 Å². The Morgan fingerprint density at radius 1 is 1.15 bits per heavy atom. The van der Waals surface area contributed by atoms with Crippen LogP contribution < -0.4 is 0 Å². The topological polar surface area (TPSA) is 72.3 Å². The quantitative estimate of drug-likeness (QED) is 0.719. The first kappa shape index (κ1) is 12.1. The number of pyridine rings is 1. The summed E-state index contributed by atoms with van der Waals surface area (Å²) < 4.78 is 3.85. The summed E-state index contributed by atoms with van der Waals surface area (Å²) in [6, 6.07) is 7.42. The highest BCUT2D eigenvalue weighted by Gasteiger charge is 2.04. The Kier molecular flexibility index (Phi) is 3.25. The fourth-order valence-corrected chi connectivity index (χ4v) is 1.91. The lowest BCUT2D eigenvalue weighted by molar-refractivity contribution is 0.533. The standard InChI is InChI=1S/C14H12N6/c15-9-12-2-4-16-13(8-12)14-10-19(11-17-14)6-7-20-5-1-3-18-20/h1-5,8,10-11H,6-7H2. The molecule has 20 heavy (non-hydrogen) atoms. The number of aromatic nitrogens is 5. The van der Waals surface area contributed by atoms with Crippen molar-refractivity contribution in [1.82, 2.24) is 24.3 Å². The summed E-state index contributed by atoms with van der Waals surface area (Å²) in [5.41, 5.74) is 2.06. The van der Waals surface area contributed by atoms with Gasteiger partial charge in [-0.15, -0.1) is 0 Å². The number of aryl methyl sites for hydroxylation is 2. The Hall–Kier alpha value is -2.94. The van der Waals surface area contributed by atoms with E-state index in [4.69, 9.17) is 5.26 Å². The van der Waals surface area contributed by atoms with Crippen LogP contribution in [0.2, 0.25) is 0 Å². The van der Waals surface area contributed by atoms with Crippen molar-refractivity contribution in [2.24, 2.45) is 0 Å². The van der Waals surface area contributed by atoms with E-state index < -0.39 is 0 Å². The number of imidazole rings is 1. The zero-order chi connectivity index (χ0) is 13.8. The van der Waals surface area contributed by atoms with Gasteiger partial charge in [0, 0.05) is 31.3 Å². The molecule has 0 aromatic carbocycles. The van der Waals surface area contributed by atoms with E-state index in [0.29, 0.717) is 11.3 Å². The van der Waals surface area contributed by atoms with E-state index in [9.17, 15) is 0 Å². The Bertz CT molecular complexity index is 735. The van der Waals surface area contributed by atoms with Gasteiger partial charge in [-0.1, -0.05) is 0 Å². The first-order valence-corrected chi connectivity index (χ1v) is 6.21. The fraction of sp³-hybridized carbons (Fsp3) is 0.143. The van der Waals surface area contributed by atoms with Gasteiger partial charge in [0.1, 0.15) is 5.69 Å². The molecule has 3 aromatic heterocycles. The maximum absolute atomic E-state index is 8.89. The highest BCUT2D eigenvalue weighted by Crippen LogP contribution is 2.15. The van der Waals surface area contributed by atoms with Crippen LogP contribution in [0.1, 0.15) is 5.56 Å². The molecule has 0 saturated carbocycles. The van der Waals surface area contributed by atoms with Gasteiger partial charge in [0.15, 0.2) is 0 Å². The average molecular weight is 264 g/mol. The molecular formula is C14H12N6. The lowest BCUT2D eigenvalue weighted by Crippen LogP contribution is -2.05. The molecule has 98 valence electrons. The van der Waals surface area contributed by atoms with Crippen molar-refractivity contribution in [3.05, 3.63) is 54.9 Å². The highest BCUT2D eigenvalue weighted by molar-refractivity contribution is 5.55. The van der Waals surface area contributed by atoms with Crippen molar-refractivity contribution in [3.8, 4) is 17.5 Å². The van der Waals surface area contributed by atoms with Gasteiger partial charge >= 0.3 is 0 Å². The third-order valence-corrected chi connectivity index (χ3v) is 2.93. The van der Waals surface area contributed by atoms with Crippen molar-refractivity contribution in [1.29, 1.82) is 5.26 Å². The second-order valence-corrected chi connectivity index (χ2v) is 4.31. The Balaban J connectivity index is 1.74. The van der Waals surface area contributed by atoms with Crippen LogP contribution in [0.25, 0.3) is 11.4 Å². The summed E-state index contributed by atoms with van der Waals surface area (Å²) in [6.45, 7) is 1.57. The fourth-order valence-electron chi connectivity index (χ4n) is 1.91. The minimum absolute atomic E-state index is 0.584. The molecule has 0 unspecified atom stereocenters. The summed E-state index contributed by atoms with van der Waals surface area (Å²) in [7, 11) is 0. The lowest BCUT2D eigenvalue weighted by Gasteiger charge is -2.02. The van der Waals surface area contributed by atoms with Gasteiger partial charge in [-0.05, 0) is 18.2 Å². The van der Waals surface area contributed by atoms with Crippen LogP contribution in [0, 0.1) is 11.3 Å². The predicted molar refractivity (Wildman–Crippen MR) is 72.4 cm³/mol. The SMILES string of the molecule is N#Cc1ccnc(-c2cn(CCn3cccn3)cn2)c1. The molecule has 0 bridgehead atoms. The van der Waals surface area contributed by atoms with Gasteiger partial charge in [-0.25, -0.2) is 4.98 Å². The first-order valence-electron chi connectivity index (χ1n) is 6.21. The molecule has 0 saturated heterocycles. The number of hydrogen-bond donors (Lipinski definition) is 0. The van der Waals surface area contributed by atoms with Crippen molar-refractivity contribution in [2.75, 3.05) is 0 Å². The minimum atomic E-state index is 0.584. The maximum atomic E-state index is 8.89. The summed E-state index contributed by atoms with van der Waals surface area (Å²) >= 11 is 0. The van der Waals surface area contributed by atoms with Crippen molar-refractivity contribution >= 4 is 0 Å². The van der Waals surface area contributed by atoms with Gasteiger partial charge < -0.3 is 4.57 Å². The number of nitrogens with zero attached hydrogens (tertiary/aromatic N) is 6. The summed E-state index contributed by atoms with van der Waals surface area (Å²) in [5, 5.41) is 13.0. The van der Waals surface area contributed by atoms with Gasteiger partial charge in [0.2, 0.25) is 0 Å². The lowest BCUT2D eigenvalue weighted by atomic mass is 10.2. The normalized spacial score (nSPS) is 10.3. The number of hydrogen-bond acceptors (Lipinski definition) is 4. The van der Waals surface area contributed by atoms with Crippen molar-refractivity contribution in [2.45, 2.75) is 13.1 Å². The third-order valence-electron chi connectivity index (χ3n) is 2.93. The molecule has 0 radical (unpaired) electrons. The van der Waals surface area contributed by atoms with E-state index in [1.54, 1.807) is 30.9 Å². The Morgan fingerprint density at radius 2 is 2.10 bits per heavy atom. The maximum Gasteiger partial charge on any atom is 0.107 e. The number of rotatable bonds is 4. The monoisotopic (exact) mass is 264 g/mol. The van der Waals surface area contributed by atoms with Crippen LogP contribution in [0.4, 0.5) is 0 Å². The predicted octanol–water partition coefficient (Wildman–Crippen LogP) is 1.71. The smallest absolute Gasteiger partial charge is 0.107 e. The van der Waals surface area contributed by atoms with E-state index >= 15 is 0 Å². The molecule has 0 N–H and O–H groups in total. The first-order chi connectivity index (χ1) is 9.85. The van der Waals surface area contributed by atoms with Crippen molar-refractivity contribution < 1.29 is 0 Å². The molecule has 0 aliphatic rings. The van der Waals surface area contributed by atoms with E-state index in [1.807, 2.05) is 27.7 Å². The molecule has 0 fully saturated rings. The molecule has 0 aliphatic carbocycles. The molecule has 3 heterocycles. The third kappa shape index (κ3) is 2.57. The van der Waals surface area contributed by atoms with Gasteiger partial charge in [0.05, 0.1) is 30.2 Å². The van der Waals surface area contributed by atoms with Crippen LogP contribution in [0.3, 0.4) is 0 Å². The molecule has 0 atom stereocenters. The molecule has 3 rings (SSSR count). The summed E-state index contributed by atoms with van der Waals surface area (Å²) in [6.07, 6.45) is 9.00. The molecule has 6 heteroatoms. The largest absolute Gasteiger partial charge is 0.335 e. The van der Waals surface area contributed by atoms with Gasteiger partial charge in [-0.3, -0.25) is 9.67 Å². The van der Waals surface area contributed by atoms with Gasteiger partial charge in [0.25, 0.3) is 0 Å².